The summed E-state index contributed by atoms with van der Waals surface area (Å²) in [5.41, 5.74) is 7.87. The summed E-state index contributed by atoms with van der Waals surface area (Å²) in [7, 11) is 0. The molecule has 3 N–H and O–H groups in total. The molecule has 1 aromatic carbocycles. The van der Waals surface area contributed by atoms with Crippen molar-refractivity contribution in [2.24, 2.45) is 5.73 Å². The Labute approximate surface area is 90.5 Å². The number of hydrogen-bond donors (Lipinski definition) is 2. The van der Waals surface area contributed by atoms with E-state index in [1.165, 1.54) is 5.56 Å². The third-order valence-corrected chi connectivity index (χ3v) is 2.27. The van der Waals surface area contributed by atoms with Gasteiger partial charge in [0.25, 0.3) is 0 Å². The molecule has 0 saturated carbocycles. The second-order valence-corrected chi connectivity index (χ2v) is 3.72. The minimum atomic E-state index is 0.558. The summed E-state index contributed by atoms with van der Waals surface area (Å²) in [6, 6.07) is 8.42. The predicted octanol–water partition coefficient (Wildman–Crippen LogP) is 2.34. The molecule has 14 heavy (non-hydrogen) atoms. The van der Waals surface area contributed by atoms with Crippen molar-refractivity contribution in [3.8, 4) is 0 Å². The van der Waals surface area contributed by atoms with E-state index in [1.54, 1.807) is 0 Å². The molecule has 1 aromatic rings. The fraction of sp³-hybridized carbons (Fsp3) is 0.364. The molecule has 0 bridgehead atoms. The third-order valence-electron chi connectivity index (χ3n) is 2.06. The molecule has 0 unspecified atom stereocenters. The molecule has 0 fully saturated rings. The summed E-state index contributed by atoms with van der Waals surface area (Å²) in [6.07, 6.45) is 1.82. The molecule has 0 atom stereocenters. The Morgan fingerprint density at radius 1 is 1.36 bits per heavy atom. The Balaban J connectivity index is 2.40. The minimum Gasteiger partial charge on any atom is -0.393 e. The number of anilines is 1. The summed E-state index contributed by atoms with van der Waals surface area (Å²) in [4.78, 5) is 0.558. The molecule has 0 saturated heterocycles. The molecule has 2 nitrogen and oxygen atoms in total. The lowest BCUT2D eigenvalue weighted by Gasteiger charge is -2.05. The van der Waals surface area contributed by atoms with Crippen LogP contribution in [0, 0.1) is 0 Å². The Morgan fingerprint density at radius 3 is 2.50 bits per heavy atom. The van der Waals surface area contributed by atoms with Gasteiger partial charge in [0.1, 0.15) is 0 Å². The second-order valence-electron chi connectivity index (χ2n) is 3.19. The number of rotatable bonds is 5. The van der Waals surface area contributed by atoms with E-state index in [9.17, 15) is 0 Å². The highest BCUT2D eigenvalue weighted by Crippen LogP contribution is 2.09. The molecule has 0 aromatic heterocycles. The van der Waals surface area contributed by atoms with Gasteiger partial charge in [0.2, 0.25) is 0 Å². The van der Waals surface area contributed by atoms with Crippen LogP contribution in [0.1, 0.15) is 18.9 Å². The molecule has 76 valence electrons. The summed E-state index contributed by atoms with van der Waals surface area (Å²) in [5, 5.41) is 3.26. The van der Waals surface area contributed by atoms with Gasteiger partial charge >= 0.3 is 0 Å². The average molecular weight is 208 g/mol. The molecular formula is C11H16N2S. The SMILES string of the molecule is CCc1ccc(NCCC(N)=S)cc1. The maximum Gasteiger partial charge on any atom is 0.0745 e. The molecule has 0 heterocycles. The molecule has 0 amide bonds. The van der Waals surface area contributed by atoms with Crippen LogP contribution in [0.15, 0.2) is 24.3 Å². The molecule has 0 aliphatic rings. The van der Waals surface area contributed by atoms with E-state index in [-0.39, 0.29) is 0 Å². The molecule has 0 spiro atoms. The topological polar surface area (TPSA) is 38.0 Å². The molecule has 1 rings (SSSR count). The number of hydrogen-bond acceptors (Lipinski definition) is 2. The van der Waals surface area contributed by atoms with Crippen LogP contribution in [0.25, 0.3) is 0 Å². The first-order valence-corrected chi connectivity index (χ1v) is 5.24. The van der Waals surface area contributed by atoms with Gasteiger partial charge in [-0.25, -0.2) is 0 Å². The Bertz CT molecular complexity index is 293. The zero-order valence-electron chi connectivity index (χ0n) is 8.42. The van der Waals surface area contributed by atoms with Crippen LogP contribution in [-0.2, 0) is 6.42 Å². The quantitative estimate of drug-likeness (QED) is 0.729. The molecular weight excluding hydrogens is 192 g/mol. The number of thiocarbonyl (C=S) groups is 1. The van der Waals surface area contributed by atoms with Crippen LogP contribution in [0.2, 0.25) is 0 Å². The fourth-order valence-electron chi connectivity index (χ4n) is 1.19. The highest BCUT2D eigenvalue weighted by Gasteiger charge is 1.93. The Kier molecular flexibility index (Phi) is 4.40. The van der Waals surface area contributed by atoms with Gasteiger partial charge < -0.3 is 11.1 Å². The van der Waals surface area contributed by atoms with Crippen molar-refractivity contribution in [2.45, 2.75) is 19.8 Å². The first-order valence-electron chi connectivity index (χ1n) is 4.83. The van der Waals surface area contributed by atoms with E-state index >= 15 is 0 Å². The monoisotopic (exact) mass is 208 g/mol. The maximum absolute atomic E-state index is 5.39. The minimum absolute atomic E-state index is 0.558. The second kappa shape index (κ2) is 5.60. The smallest absolute Gasteiger partial charge is 0.0745 e. The number of nitrogens with one attached hydrogen (secondary N) is 1. The predicted molar refractivity (Wildman–Crippen MR) is 65.7 cm³/mol. The average Bonchev–Trinajstić information content (AvgIpc) is 2.18. The van der Waals surface area contributed by atoms with Crippen LogP contribution >= 0.6 is 12.2 Å². The zero-order valence-corrected chi connectivity index (χ0v) is 9.23. The van der Waals surface area contributed by atoms with Gasteiger partial charge in [-0.1, -0.05) is 31.3 Å². The van der Waals surface area contributed by atoms with Gasteiger partial charge in [-0.2, -0.15) is 0 Å². The van der Waals surface area contributed by atoms with Gasteiger partial charge in [0, 0.05) is 18.7 Å². The summed E-state index contributed by atoms with van der Waals surface area (Å²) < 4.78 is 0. The highest BCUT2D eigenvalue weighted by atomic mass is 32.1. The van der Waals surface area contributed by atoms with Crippen LogP contribution in [-0.4, -0.2) is 11.5 Å². The van der Waals surface area contributed by atoms with Crippen molar-refractivity contribution in [1.82, 2.24) is 0 Å². The van der Waals surface area contributed by atoms with E-state index in [1.807, 2.05) is 0 Å². The number of nitrogens with two attached hydrogens (primary N) is 1. The van der Waals surface area contributed by atoms with Crippen LogP contribution in [0.4, 0.5) is 5.69 Å². The molecule has 0 aliphatic heterocycles. The Hall–Kier alpha value is -1.09. The maximum atomic E-state index is 5.39. The van der Waals surface area contributed by atoms with Gasteiger partial charge in [-0.05, 0) is 24.1 Å². The largest absolute Gasteiger partial charge is 0.393 e. The molecule has 0 aliphatic carbocycles. The first-order chi connectivity index (χ1) is 6.72. The number of benzene rings is 1. The number of aryl methyl sites for hydroxylation is 1. The van der Waals surface area contributed by atoms with E-state index in [0.29, 0.717) is 4.99 Å². The summed E-state index contributed by atoms with van der Waals surface area (Å²) in [5.74, 6) is 0. The van der Waals surface area contributed by atoms with E-state index in [0.717, 1.165) is 25.1 Å². The van der Waals surface area contributed by atoms with Gasteiger partial charge in [0.05, 0.1) is 4.99 Å². The van der Waals surface area contributed by atoms with E-state index in [2.05, 4.69) is 36.5 Å². The zero-order chi connectivity index (χ0) is 10.4. The van der Waals surface area contributed by atoms with E-state index in [4.69, 9.17) is 18.0 Å². The van der Waals surface area contributed by atoms with Gasteiger partial charge in [-0.15, -0.1) is 0 Å². The lowest BCUT2D eigenvalue weighted by Crippen LogP contribution is -2.13. The molecule has 3 heteroatoms. The lowest BCUT2D eigenvalue weighted by molar-refractivity contribution is 1.10. The summed E-state index contributed by atoms with van der Waals surface area (Å²) >= 11 is 4.79. The fourth-order valence-corrected chi connectivity index (χ4v) is 1.29. The van der Waals surface area contributed by atoms with Crippen molar-refractivity contribution in [3.63, 3.8) is 0 Å². The van der Waals surface area contributed by atoms with E-state index < -0.39 is 0 Å². The summed E-state index contributed by atoms with van der Waals surface area (Å²) in [6.45, 7) is 2.95. The lowest BCUT2D eigenvalue weighted by atomic mass is 10.1. The molecule has 0 radical (unpaired) electrons. The van der Waals surface area contributed by atoms with Crippen molar-refractivity contribution < 1.29 is 0 Å². The third kappa shape index (κ3) is 3.75. The normalized spacial score (nSPS) is 9.79. The van der Waals surface area contributed by atoms with Crippen LogP contribution < -0.4 is 11.1 Å². The highest BCUT2D eigenvalue weighted by molar-refractivity contribution is 7.80. The van der Waals surface area contributed by atoms with Crippen LogP contribution in [0.3, 0.4) is 0 Å². The van der Waals surface area contributed by atoms with Crippen molar-refractivity contribution in [2.75, 3.05) is 11.9 Å². The van der Waals surface area contributed by atoms with Crippen molar-refractivity contribution >= 4 is 22.9 Å². The first kappa shape index (κ1) is 11.0. The van der Waals surface area contributed by atoms with Crippen molar-refractivity contribution in [1.29, 1.82) is 0 Å². The standard InChI is InChI=1S/C11H16N2S/c1-2-9-3-5-10(6-4-9)13-8-7-11(12)14/h3-6,13H,2,7-8H2,1H3,(H2,12,14). The van der Waals surface area contributed by atoms with Crippen molar-refractivity contribution in [3.05, 3.63) is 29.8 Å². The van der Waals surface area contributed by atoms with Gasteiger partial charge in [-0.3, -0.25) is 0 Å². The van der Waals surface area contributed by atoms with Crippen LogP contribution in [0.5, 0.6) is 0 Å². The Morgan fingerprint density at radius 2 is 2.00 bits per heavy atom. The van der Waals surface area contributed by atoms with Gasteiger partial charge in [0.15, 0.2) is 0 Å².